The molecule has 0 saturated heterocycles. The molecule has 1 aromatic heterocycles. The summed E-state index contributed by atoms with van der Waals surface area (Å²) >= 11 is 7.83. The van der Waals surface area contributed by atoms with Crippen LogP contribution in [0.4, 0.5) is 0 Å². The number of benzene rings is 1. The first-order valence-corrected chi connectivity index (χ1v) is 7.10. The van der Waals surface area contributed by atoms with Crippen LogP contribution in [-0.2, 0) is 6.54 Å². The van der Waals surface area contributed by atoms with Gasteiger partial charge in [0.05, 0.1) is 0 Å². The molecule has 1 nitrogen and oxygen atoms in total. The average molecular weight is 266 g/mol. The SMILES string of the molecule is CCCNCc1cc(Cl)ccc1-c1cccs1. The summed E-state index contributed by atoms with van der Waals surface area (Å²) in [7, 11) is 0. The molecular weight excluding hydrogens is 250 g/mol. The normalized spacial score (nSPS) is 10.7. The maximum Gasteiger partial charge on any atom is 0.0409 e. The maximum atomic E-state index is 6.07. The van der Waals surface area contributed by atoms with E-state index in [4.69, 9.17) is 11.6 Å². The van der Waals surface area contributed by atoms with E-state index in [1.54, 1.807) is 11.3 Å². The van der Waals surface area contributed by atoms with E-state index in [0.717, 1.165) is 24.5 Å². The van der Waals surface area contributed by atoms with Gasteiger partial charge in [-0.3, -0.25) is 0 Å². The fraction of sp³-hybridized carbons (Fsp3) is 0.286. The molecule has 0 fully saturated rings. The third kappa shape index (κ3) is 3.32. The standard InChI is InChI=1S/C14H16ClNS/c1-2-7-16-10-11-9-12(15)5-6-13(11)14-4-3-8-17-14/h3-6,8-9,16H,2,7,10H2,1H3. The van der Waals surface area contributed by atoms with Gasteiger partial charge in [0, 0.05) is 16.4 Å². The second-order valence-electron chi connectivity index (χ2n) is 3.96. The number of rotatable bonds is 5. The second kappa shape index (κ2) is 6.20. The molecule has 0 bridgehead atoms. The largest absolute Gasteiger partial charge is 0.313 e. The van der Waals surface area contributed by atoms with Crippen LogP contribution in [0.5, 0.6) is 0 Å². The third-order valence-corrected chi connectivity index (χ3v) is 3.73. The van der Waals surface area contributed by atoms with Gasteiger partial charge < -0.3 is 5.32 Å². The van der Waals surface area contributed by atoms with Gasteiger partial charge in [-0.05, 0) is 47.7 Å². The summed E-state index contributed by atoms with van der Waals surface area (Å²) in [6.45, 7) is 4.09. The number of thiophene rings is 1. The van der Waals surface area contributed by atoms with Crippen LogP contribution in [0, 0.1) is 0 Å². The highest BCUT2D eigenvalue weighted by Gasteiger charge is 2.06. The lowest BCUT2D eigenvalue weighted by molar-refractivity contribution is 0.676. The molecule has 1 aromatic carbocycles. The van der Waals surface area contributed by atoms with Crippen LogP contribution in [0.15, 0.2) is 35.7 Å². The molecule has 0 atom stereocenters. The van der Waals surface area contributed by atoms with Crippen molar-refractivity contribution >= 4 is 22.9 Å². The Morgan fingerprint density at radius 2 is 2.18 bits per heavy atom. The van der Waals surface area contributed by atoms with Crippen LogP contribution in [0.2, 0.25) is 5.02 Å². The van der Waals surface area contributed by atoms with Crippen LogP contribution in [-0.4, -0.2) is 6.54 Å². The Balaban J connectivity index is 2.25. The molecule has 0 aliphatic heterocycles. The van der Waals surface area contributed by atoms with Crippen LogP contribution >= 0.6 is 22.9 Å². The van der Waals surface area contributed by atoms with Gasteiger partial charge in [-0.2, -0.15) is 0 Å². The van der Waals surface area contributed by atoms with Crippen molar-refractivity contribution in [1.82, 2.24) is 5.32 Å². The topological polar surface area (TPSA) is 12.0 Å². The molecule has 0 saturated carbocycles. The molecule has 0 aliphatic rings. The molecule has 2 rings (SSSR count). The lowest BCUT2D eigenvalue weighted by Gasteiger charge is -2.09. The fourth-order valence-electron chi connectivity index (χ4n) is 1.78. The first-order chi connectivity index (χ1) is 8.31. The Bertz CT molecular complexity index is 465. The fourth-order valence-corrected chi connectivity index (χ4v) is 2.76. The third-order valence-electron chi connectivity index (χ3n) is 2.60. The molecule has 0 amide bonds. The zero-order valence-electron chi connectivity index (χ0n) is 9.87. The molecule has 0 unspecified atom stereocenters. The maximum absolute atomic E-state index is 6.07. The predicted molar refractivity (Wildman–Crippen MR) is 76.8 cm³/mol. The van der Waals surface area contributed by atoms with E-state index < -0.39 is 0 Å². The first kappa shape index (κ1) is 12.6. The summed E-state index contributed by atoms with van der Waals surface area (Å²) in [6.07, 6.45) is 1.15. The van der Waals surface area contributed by atoms with Crippen molar-refractivity contribution < 1.29 is 0 Å². The van der Waals surface area contributed by atoms with Crippen molar-refractivity contribution in [2.24, 2.45) is 0 Å². The number of nitrogens with one attached hydrogen (secondary N) is 1. The van der Waals surface area contributed by atoms with E-state index in [-0.39, 0.29) is 0 Å². The minimum atomic E-state index is 0.804. The Morgan fingerprint density at radius 3 is 2.88 bits per heavy atom. The first-order valence-electron chi connectivity index (χ1n) is 5.84. The highest BCUT2D eigenvalue weighted by molar-refractivity contribution is 7.13. The van der Waals surface area contributed by atoms with Crippen LogP contribution in [0.3, 0.4) is 0 Å². The summed E-state index contributed by atoms with van der Waals surface area (Å²) in [5.41, 5.74) is 2.56. The van der Waals surface area contributed by atoms with Crippen molar-refractivity contribution in [2.75, 3.05) is 6.54 Å². The molecule has 90 valence electrons. The summed E-state index contributed by atoms with van der Waals surface area (Å²) in [4.78, 5) is 1.30. The Morgan fingerprint density at radius 1 is 1.29 bits per heavy atom. The highest BCUT2D eigenvalue weighted by Crippen LogP contribution is 2.29. The molecule has 1 N–H and O–H groups in total. The number of hydrogen-bond acceptors (Lipinski definition) is 2. The number of halogens is 1. The minimum absolute atomic E-state index is 0.804. The minimum Gasteiger partial charge on any atom is -0.313 e. The van der Waals surface area contributed by atoms with Crippen LogP contribution in [0.25, 0.3) is 10.4 Å². The van der Waals surface area contributed by atoms with E-state index in [2.05, 4.69) is 41.9 Å². The van der Waals surface area contributed by atoms with Gasteiger partial charge in [0.1, 0.15) is 0 Å². The molecular formula is C14H16ClNS. The van der Waals surface area contributed by atoms with Gasteiger partial charge in [-0.25, -0.2) is 0 Å². The molecule has 0 spiro atoms. The van der Waals surface area contributed by atoms with Gasteiger partial charge >= 0.3 is 0 Å². The van der Waals surface area contributed by atoms with Gasteiger partial charge in [0.2, 0.25) is 0 Å². The molecule has 3 heteroatoms. The molecule has 1 heterocycles. The summed E-state index contributed by atoms with van der Waals surface area (Å²) in [5.74, 6) is 0. The van der Waals surface area contributed by atoms with Gasteiger partial charge in [-0.15, -0.1) is 11.3 Å². The highest BCUT2D eigenvalue weighted by atomic mass is 35.5. The Hall–Kier alpha value is -0.830. The molecule has 0 aliphatic carbocycles. The smallest absolute Gasteiger partial charge is 0.0409 e. The molecule has 2 aromatic rings. The van der Waals surface area contributed by atoms with E-state index in [9.17, 15) is 0 Å². The Kier molecular flexibility index (Phi) is 4.60. The summed E-state index contributed by atoms with van der Waals surface area (Å²) in [5, 5.41) is 6.34. The van der Waals surface area contributed by atoms with Gasteiger partial charge in [0.25, 0.3) is 0 Å². The van der Waals surface area contributed by atoms with Crippen molar-refractivity contribution in [1.29, 1.82) is 0 Å². The van der Waals surface area contributed by atoms with E-state index in [1.165, 1.54) is 16.0 Å². The lowest BCUT2D eigenvalue weighted by atomic mass is 10.1. The van der Waals surface area contributed by atoms with Crippen molar-refractivity contribution in [3.63, 3.8) is 0 Å². The molecule has 0 radical (unpaired) electrons. The van der Waals surface area contributed by atoms with Gasteiger partial charge in [0.15, 0.2) is 0 Å². The second-order valence-corrected chi connectivity index (χ2v) is 5.34. The van der Waals surface area contributed by atoms with Gasteiger partial charge in [-0.1, -0.05) is 30.7 Å². The lowest BCUT2D eigenvalue weighted by Crippen LogP contribution is -2.14. The predicted octanol–water partition coefficient (Wildman–Crippen LogP) is 4.57. The number of hydrogen-bond donors (Lipinski definition) is 1. The summed E-state index contributed by atoms with van der Waals surface area (Å²) in [6, 6.07) is 10.4. The Labute approximate surface area is 111 Å². The van der Waals surface area contributed by atoms with E-state index in [1.807, 2.05) is 6.07 Å². The van der Waals surface area contributed by atoms with Crippen LogP contribution < -0.4 is 5.32 Å². The zero-order valence-corrected chi connectivity index (χ0v) is 11.4. The summed E-state index contributed by atoms with van der Waals surface area (Å²) < 4.78 is 0. The monoisotopic (exact) mass is 265 g/mol. The zero-order chi connectivity index (χ0) is 12.1. The molecule has 17 heavy (non-hydrogen) atoms. The van der Waals surface area contributed by atoms with E-state index >= 15 is 0 Å². The van der Waals surface area contributed by atoms with Crippen molar-refractivity contribution in [3.8, 4) is 10.4 Å². The van der Waals surface area contributed by atoms with Crippen molar-refractivity contribution in [3.05, 3.63) is 46.3 Å². The van der Waals surface area contributed by atoms with Crippen LogP contribution in [0.1, 0.15) is 18.9 Å². The average Bonchev–Trinajstić information content (AvgIpc) is 2.83. The van der Waals surface area contributed by atoms with Crippen molar-refractivity contribution in [2.45, 2.75) is 19.9 Å². The van der Waals surface area contributed by atoms with E-state index in [0.29, 0.717) is 0 Å². The quantitative estimate of drug-likeness (QED) is 0.781.